The quantitative estimate of drug-likeness (QED) is 0.743. The number of thiophene rings is 1. The molecule has 0 saturated heterocycles. The fourth-order valence-electron chi connectivity index (χ4n) is 1.66. The average molecular weight is 313 g/mol. The van der Waals surface area contributed by atoms with Crippen LogP contribution in [0.1, 0.15) is 4.88 Å². The Kier molecular flexibility index (Phi) is 4.18. The van der Waals surface area contributed by atoms with Gasteiger partial charge >= 0.3 is 0 Å². The van der Waals surface area contributed by atoms with E-state index >= 15 is 0 Å². The second-order valence-corrected chi connectivity index (χ2v) is 6.07. The zero-order chi connectivity index (χ0) is 14.5. The molecule has 21 heavy (non-hydrogen) atoms. The number of carbonyl (C=O) groups is 1. The van der Waals surface area contributed by atoms with Gasteiger partial charge in [-0.1, -0.05) is 47.7 Å². The lowest BCUT2D eigenvalue weighted by molar-refractivity contribution is -0.111. The molecule has 1 N–H and O–H groups in total. The van der Waals surface area contributed by atoms with Crippen molar-refractivity contribution in [3.05, 3.63) is 58.8 Å². The van der Waals surface area contributed by atoms with Crippen molar-refractivity contribution in [3.8, 4) is 10.6 Å². The Morgan fingerprint density at radius 1 is 1.10 bits per heavy atom. The fourth-order valence-corrected chi connectivity index (χ4v) is 3.03. The van der Waals surface area contributed by atoms with Crippen molar-refractivity contribution in [2.75, 3.05) is 5.32 Å². The summed E-state index contributed by atoms with van der Waals surface area (Å²) in [4.78, 5) is 12.8. The molecule has 3 aromatic rings. The van der Waals surface area contributed by atoms with Gasteiger partial charge in [0.2, 0.25) is 11.0 Å². The Morgan fingerprint density at radius 3 is 2.71 bits per heavy atom. The lowest BCUT2D eigenvalue weighted by Gasteiger charge is -1.94. The predicted molar refractivity (Wildman–Crippen MR) is 87.3 cm³/mol. The number of nitrogens with one attached hydrogen (secondary N) is 1. The van der Waals surface area contributed by atoms with Crippen molar-refractivity contribution in [1.29, 1.82) is 0 Å². The Balaban J connectivity index is 1.66. The average Bonchev–Trinajstić information content (AvgIpc) is 3.17. The number of hydrogen-bond donors (Lipinski definition) is 1. The smallest absolute Gasteiger partial charge is 0.250 e. The van der Waals surface area contributed by atoms with Crippen LogP contribution in [0.25, 0.3) is 16.6 Å². The number of rotatable bonds is 4. The van der Waals surface area contributed by atoms with Crippen molar-refractivity contribution < 1.29 is 4.79 Å². The van der Waals surface area contributed by atoms with Crippen LogP contribution >= 0.6 is 22.7 Å². The molecule has 1 amide bonds. The van der Waals surface area contributed by atoms with Crippen molar-refractivity contribution in [2.24, 2.45) is 0 Å². The third-order valence-electron chi connectivity index (χ3n) is 2.62. The molecule has 1 aromatic carbocycles. The molecule has 2 heterocycles. The fraction of sp³-hybridized carbons (Fsp3) is 0. The Labute approximate surface area is 129 Å². The van der Waals surface area contributed by atoms with Gasteiger partial charge in [-0.25, -0.2) is 0 Å². The third-order valence-corrected chi connectivity index (χ3v) is 4.34. The zero-order valence-electron chi connectivity index (χ0n) is 10.9. The molecule has 0 aliphatic carbocycles. The van der Waals surface area contributed by atoms with Gasteiger partial charge in [-0.2, -0.15) is 0 Å². The maximum atomic E-state index is 11.8. The van der Waals surface area contributed by atoms with Gasteiger partial charge in [0.1, 0.15) is 5.01 Å². The van der Waals surface area contributed by atoms with E-state index in [0.717, 1.165) is 15.4 Å². The monoisotopic (exact) mass is 313 g/mol. The highest BCUT2D eigenvalue weighted by molar-refractivity contribution is 7.18. The molecule has 0 spiro atoms. The highest BCUT2D eigenvalue weighted by Gasteiger charge is 2.07. The molecular formula is C15H11N3OS2. The van der Waals surface area contributed by atoms with Crippen LogP contribution in [0.15, 0.2) is 53.9 Å². The van der Waals surface area contributed by atoms with Crippen LogP contribution in [0.5, 0.6) is 0 Å². The summed E-state index contributed by atoms with van der Waals surface area (Å²) in [7, 11) is 0. The predicted octanol–water partition coefficient (Wildman–Crippen LogP) is 3.92. The topological polar surface area (TPSA) is 54.9 Å². The van der Waals surface area contributed by atoms with Crippen molar-refractivity contribution in [3.63, 3.8) is 0 Å². The molecule has 0 unspecified atom stereocenters. The summed E-state index contributed by atoms with van der Waals surface area (Å²) in [6.45, 7) is 0. The largest absolute Gasteiger partial charge is 0.297 e. The van der Waals surface area contributed by atoms with E-state index in [0.29, 0.717) is 5.13 Å². The second-order valence-electron chi connectivity index (χ2n) is 4.12. The first-order valence-corrected chi connectivity index (χ1v) is 7.92. The SMILES string of the molecule is O=C(/C=C/c1cccs1)Nc1nnc(-c2ccccc2)s1. The maximum Gasteiger partial charge on any atom is 0.250 e. The Morgan fingerprint density at radius 2 is 1.95 bits per heavy atom. The van der Waals surface area contributed by atoms with Gasteiger partial charge < -0.3 is 0 Å². The van der Waals surface area contributed by atoms with Crippen LogP contribution < -0.4 is 5.32 Å². The van der Waals surface area contributed by atoms with Gasteiger partial charge in [0.25, 0.3) is 0 Å². The van der Waals surface area contributed by atoms with E-state index in [-0.39, 0.29) is 5.91 Å². The number of amides is 1. The minimum absolute atomic E-state index is 0.209. The first kappa shape index (κ1) is 13.7. The van der Waals surface area contributed by atoms with Gasteiger partial charge in [0.05, 0.1) is 0 Å². The molecular weight excluding hydrogens is 302 g/mol. The van der Waals surface area contributed by atoms with E-state index in [4.69, 9.17) is 0 Å². The summed E-state index contributed by atoms with van der Waals surface area (Å²) in [5.74, 6) is -0.209. The van der Waals surface area contributed by atoms with Crippen molar-refractivity contribution >= 4 is 39.8 Å². The Hall–Kier alpha value is -2.31. The Bertz CT molecular complexity index is 748. The first-order valence-electron chi connectivity index (χ1n) is 6.23. The molecule has 0 radical (unpaired) electrons. The molecule has 0 atom stereocenters. The summed E-state index contributed by atoms with van der Waals surface area (Å²) in [6.07, 6.45) is 3.27. The van der Waals surface area contributed by atoms with E-state index in [1.165, 1.54) is 17.4 Å². The van der Waals surface area contributed by atoms with Crippen molar-refractivity contribution in [1.82, 2.24) is 10.2 Å². The van der Waals surface area contributed by atoms with Crippen LogP contribution in [-0.2, 0) is 4.79 Å². The maximum absolute atomic E-state index is 11.8. The first-order chi connectivity index (χ1) is 10.3. The summed E-state index contributed by atoms with van der Waals surface area (Å²) in [5, 5.41) is 14.0. The van der Waals surface area contributed by atoms with Gasteiger partial charge in [-0.15, -0.1) is 21.5 Å². The molecule has 4 nitrogen and oxygen atoms in total. The number of aromatic nitrogens is 2. The highest BCUT2D eigenvalue weighted by Crippen LogP contribution is 2.25. The second kappa shape index (κ2) is 6.43. The van der Waals surface area contributed by atoms with E-state index in [9.17, 15) is 4.79 Å². The number of anilines is 1. The number of hydrogen-bond acceptors (Lipinski definition) is 5. The van der Waals surface area contributed by atoms with E-state index < -0.39 is 0 Å². The van der Waals surface area contributed by atoms with Gasteiger partial charge in [0, 0.05) is 16.5 Å². The minimum Gasteiger partial charge on any atom is -0.297 e. The van der Waals surface area contributed by atoms with Crippen LogP contribution in [0.4, 0.5) is 5.13 Å². The molecule has 6 heteroatoms. The molecule has 2 aromatic heterocycles. The molecule has 3 rings (SSSR count). The van der Waals surface area contributed by atoms with Gasteiger partial charge in [-0.05, 0) is 17.5 Å². The molecule has 0 aliphatic heterocycles. The van der Waals surface area contributed by atoms with E-state index in [1.54, 1.807) is 17.4 Å². The molecule has 0 saturated carbocycles. The lowest BCUT2D eigenvalue weighted by atomic mass is 10.2. The lowest BCUT2D eigenvalue weighted by Crippen LogP contribution is -2.07. The number of nitrogens with zero attached hydrogens (tertiary/aromatic N) is 2. The normalized spacial score (nSPS) is 10.9. The van der Waals surface area contributed by atoms with Gasteiger partial charge in [-0.3, -0.25) is 10.1 Å². The molecule has 104 valence electrons. The standard InChI is InChI=1S/C15H11N3OS2/c19-13(9-8-12-7-4-10-20-12)16-15-18-17-14(21-15)11-5-2-1-3-6-11/h1-10H,(H,16,18,19)/b9-8+. The number of carbonyl (C=O) groups excluding carboxylic acids is 1. The van der Waals surface area contributed by atoms with Gasteiger partial charge in [0.15, 0.2) is 0 Å². The van der Waals surface area contributed by atoms with Crippen molar-refractivity contribution in [2.45, 2.75) is 0 Å². The molecule has 0 aliphatic rings. The van der Waals surface area contributed by atoms with Crippen LogP contribution in [0.3, 0.4) is 0 Å². The summed E-state index contributed by atoms with van der Waals surface area (Å²) in [5.41, 5.74) is 0.990. The summed E-state index contributed by atoms with van der Waals surface area (Å²) < 4.78 is 0. The van der Waals surface area contributed by atoms with Crippen LogP contribution in [0, 0.1) is 0 Å². The molecule has 0 bridgehead atoms. The van der Waals surface area contributed by atoms with E-state index in [2.05, 4.69) is 15.5 Å². The zero-order valence-corrected chi connectivity index (χ0v) is 12.5. The van der Waals surface area contributed by atoms with E-state index in [1.807, 2.05) is 47.8 Å². The third kappa shape index (κ3) is 3.62. The van der Waals surface area contributed by atoms with Crippen LogP contribution in [0.2, 0.25) is 0 Å². The minimum atomic E-state index is -0.209. The summed E-state index contributed by atoms with van der Waals surface area (Å²) >= 11 is 2.93. The molecule has 0 fully saturated rings. The van der Waals surface area contributed by atoms with Crippen LogP contribution in [-0.4, -0.2) is 16.1 Å². The highest BCUT2D eigenvalue weighted by atomic mass is 32.1. The number of benzene rings is 1. The summed E-state index contributed by atoms with van der Waals surface area (Å²) in [6, 6.07) is 13.7.